The van der Waals surface area contributed by atoms with Gasteiger partial charge in [-0.3, -0.25) is 9.59 Å². The fourth-order valence-electron chi connectivity index (χ4n) is 5.32. The highest BCUT2D eigenvalue weighted by molar-refractivity contribution is 6.01. The van der Waals surface area contributed by atoms with Gasteiger partial charge in [0.05, 0.1) is 37.6 Å². The third kappa shape index (κ3) is 6.60. The van der Waals surface area contributed by atoms with Crippen LogP contribution in [0.3, 0.4) is 0 Å². The van der Waals surface area contributed by atoms with E-state index in [9.17, 15) is 35.1 Å². The maximum atomic E-state index is 12.4. The van der Waals surface area contributed by atoms with E-state index < -0.39 is 54.9 Å². The molecule has 9 atom stereocenters. The number of carbonyl (C=O) groups excluding carboxylic acids is 2. The van der Waals surface area contributed by atoms with E-state index >= 15 is 0 Å². The van der Waals surface area contributed by atoms with Crippen molar-refractivity contribution in [2.75, 3.05) is 27.3 Å². The van der Waals surface area contributed by atoms with Gasteiger partial charge in [0.1, 0.15) is 18.3 Å². The van der Waals surface area contributed by atoms with E-state index in [0.717, 1.165) is 0 Å². The number of rotatable bonds is 8. The highest BCUT2D eigenvalue weighted by atomic mass is 16.7. The minimum atomic E-state index is -1.41. The highest BCUT2D eigenvalue weighted by Gasteiger charge is 2.47. The molecule has 2 aromatic rings. The molecule has 0 bridgehead atoms. The molecule has 41 heavy (non-hydrogen) atoms. The maximum Gasteiger partial charge on any atom is 0.251 e. The predicted octanol–water partition coefficient (Wildman–Crippen LogP) is -0.284. The molecular weight excluding hydrogens is 536 g/mol. The Hall–Kier alpha value is -2.94. The molecule has 2 fully saturated rings. The van der Waals surface area contributed by atoms with Crippen LogP contribution in [-0.4, -0.2) is 108 Å². The summed E-state index contributed by atoms with van der Waals surface area (Å²) in [5, 5.41) is 56.8. The van der Waals surface area contributed by atoms with Crippen molar-refractivity contribution in [3.8, 4) is 11.1 Å². The number of hydrogen-bond acceptors (Lipinski definition) is 10. The summed E-state index contributed by atoms with van der Waals surface area (Å²) in [5.41, 5.74) is 2.35. The van der Waals surface area contributed by atoms with Crippen LogP contribution in [-0.2, 0) is 14.2 Å². The topological polar surface area (TPSA) is 187 Å². The molecule has 2 amide bonds. The molecule has 224 valence electrons. The fraction of sp³-hybridized carbons (Fsp3) is 0.517. The molecule has 2 heterocycles. The summed E-state index contributed by atoms with van der Waals surface area (Å²) >= 11 is 0. The van der Waals surface area contributed by atoms with Crippen molar-refractivity contribution < 1.29 is 49.3 Å². The number of benzene rings is 2. The van der Waals surface area contributed by atoms with Crippen molar-refractivity contribution >= 4 is 11.8 Å². The predicted molar refractivity (Wildman–Crippen MR) is 146 cm³/mol. The van der Waals surface area contributed by atoms with E-state index in [1.54, 1.807) is 43.3 Å². The fourth-order valence-corrected chi connectivity index (χ4v) is 5.32. The van der Waals surface area contributed by atoms with Crippen molar-refractivity contribution in [1.29, 1.82) is 0 Å². The van der Waals surface area contributed by atoms with Gasteiger partial charge in [0.2, 0.25) is 0 Å². The lowest BCUT2D eigenvalue weighted by Crippen LogP contribution is -2.57. The number of amides is 2. The van der Waals surface area contributed by atoms with Gasteiger partial charge >= 0.3 is 0 Å². The second-order valence-electron chi connectivity index (χ2n) is 10.4. The molecule has 0 saturated carbocycles. The Morgan fingerprint density at radius 2 is 1.56 bits per heavy atom. The van der Waals surface area contributed by atoms with Crippen molar-refractivity contribution in [2.24, 2.45) is 5.92 Å². The number of ether oxygens (including phenoxy) is 3. The average molecular weight is 575 g/mol. The Bertz CT molecular complexity index is 1190. The van der Waals surface area contributed by atoms with Crippen LogP contribution in [0.15, 0.2) is 42.5 Å². The molecule has 0 aromatic heterocycles. The van der Waals surface area contributed by atoms with E-state index in [2.05, 4.69) is 10.6 Å². The van der Waals surface area contributed by atoms with E-state index in [-0.39, 0.29) is 31.4 Å². The van der Waals surface area contributed by atoms with Crippen molar-refractivity contribution in [2.45, 2.75) is 62.4 Å². The van der Waals surface area contributed by atoms with Crippen molar-refractivity contribution in [3.05, 3.63) is 59.2 Å². The summed E-state index contributed by atoms with van der Waals surface area (Å²) in [4.78, 5) is 24.8. The largest absolute Gasteiger partial charge is 0.394 e. The smallest absolute Gasteiger partial charge is 0.251 e. The van der Waals surface area contributed by atoms with Crippen LogP contribution < -0.4 is 10.6 Å². The van der Waals surface area contributed by atoms with Crippen LogP contribution in [0.5, 0.6) is 0 Å². The third-order valence-corrected chi connectivity index (χ3v) is 7.71. The SMILES string of the molecule is CNC(=O)c1cc(C(=O)NC)cc(-c2cccc(C3OC(CO)C(C)C(OC4OC(CO)CC(O)C4O)C3O)c2)c1. The van der Waals surface area contributed by atoms with Gasteiger partial charge in [-0.05, 0) is 41.0 Å². The van der Waals surface area contributed by atoms with Gasteiger partial charge < -0.3 is 50.4 Å². The normalized spacial score (nSPS) is 31.9. The first-order chi connectivity index (χ1) is 19.6. The molecule has 2 saturated heterocycles. The first-order valence-electron chi connectivity index (χ1n) is 13.5. The Morgan fingerprint density at radius 3 is 2.15 bits per heavy atom. The van der Waals surface area contributed by atoms with Gasteiger partial charge in [0, 0.05) is 37.6 Å². The zero-order valence-corrected chi connectivity index (χ0v) is 23.1. The standard InChI is InChI=1S/C29H38N2O10/c1-14-22(13-33)40-26(24(36)25(14)41-29-23(35)21(34)11-20(12-32)39-29)16-6-4-5-15(7-16)17-8-18(27(37)30-2)10-19(9-17)28(38)31-3/h4-10,14,20-26,29,32-36H,11-13H2,1-3H3,(H,30,37)(H,31,38). The van der Waals surface area contributed by atoms with Crippen LogP contribution in [0, 0.1) is 5.92 Å². The van der Waals surface area contributed by atoms with E-state index in [4.69, 9.17) is 14.2 Å². The monoisotopic (exact) mass is 574 g/mol. The number of hydrogen-bond donors (Lipinski definition) is 7. The summed E-state index contributed by atoms with van der Waals surface area (Å²) in [6.07, 6.45) is -8.60. The molecule has 0 aliphatic carbocycles. The molecule has 2 aliphatic heterocycles. The first-order valence-corrected chi connectivity index (χ1v) is 13.5. The number of nitrogens with one attached hydrogen (secondary N) is 2. The van der Waals surface area contributed by atoms with Gasteiger partial charge in [-0.25, -0.2) is 0 Å². The molecular formula is C29H38N2O10. The van der Waals surface area contributed by atoms with E-state index in [1.165, 1.54) is 20.2 Å². The second-order valence-corrected chi connectivity index (χ2v) is 10.4. The molecule has 0 radical (unpaired) electrons. The minimum Gasteiger partial charge on any atom is -0.394 e. The lowest BCUT2D eigenvalue weighted by molar-refractivity contribution is -0.319. The molecule has 12 nitrogen and oxygen atoms in total. The van der Waals surface area contributed by atoms with Crippen LogP contribution in [0.4, 0.5) is 0 Å². The Kier molecular flexibility index (Phi) is 10.1. The minimum absolute atomic E-state index is 0.0286. The Labute approximate surface area is 237 Å². The van der Waals surface area contributed by atoms with Crippen molar-refractivity contribution in [1.82, 2.24) is 10.6 Å². The molecule has 7 N–H and O–H groups in total. The lowest BCUT2D eigenvalue weighted by Gasteiger charge is -2.46. The number of aliphatic hydroxyl groups excluding tert-OH is 5. The Balaban J connectivity index is 1.67. The zero-order chi connectivity index (χ0) is 29.8. The number of aliphatic hydroxyl groups is 5. The van der Waals surface area contributed by atoms with Gasteiger partial charge in [0.25, 0.3) is 11.8 Å². The van der Waals surface area contributed by atoms with Gasteiger partial charge in [-0.1, -0.05) is 25.1 Å². The quantitative estimate of drug-likeness (QED) is 0.221. The van der Waals surface area contributed by atoms with Gasteiger partial charge in [0.15, 0.2) is 6.29 Å². The van der Waals surface area contributed by atoms with E-state index in [1.807, 2.05) is 0 Å². The summed E-state index contributed by atoms with van der Waals surface area (Å²) in [5.74, 6) is -1.25. The van der Waals surface area contributed by atoms with Crippen LogP contribution >= 0.6 is 0 Å². The number of carbonyl (C=O) groups is 2. The van der Waals surface area contributed by atoms with Crippen LogP contribution in [0.2, 0.25) is 0 Å². The summed E-state index contributed by atoms with van der Waals surface area (Å²) in [7, 11) is 2.99. The summed E-state index contributed by atoms with van der Waals surface area (Å²) in [6, 6.07) is 11.8. The van der Waals surface area contributed by atoms with Gasteiger partial charge in [-0.2, -0.15) is 0 Å². The summed E-state index contributed by atoms with van der Waals surface area (Å²) in [6.45, 7) is 0.970. The van der Waals surface area contributed by atoms with E-state index in [0.29, 0.717) is 27.8 Å². The molecule has 0 spiro atoms. The molecule has 12 heteroatoms. The third-order valence-electron chi connectivity index (χ3n) is 7.71. The maximum absolute atomic E-state index is 12.4. The van der Waals surface area contributed by atoms with Crippen molar-refractivity contribution in [3.63, 3.8) is 0 Å². The lowest BCUT2D eigenvalue weighted by atomic mass is 9.85. The zero-order valence-electron chi connectivity index (χ0n) is 23.1. The van der Waals surface area contributed by atoms with Crippen LogP contribution in [0.1, 0.15) is 45.7 Å². The van der Waals surface area contributed by atoms with Crippen LogP contribution in [0.25, 0.3) is 11.1 Å². The first kappa shape index (κ1) is 31.0. The van der Waals surface area contributed by atoms with Gasteiger partial charge in [-0.15, -0.1) is 0 Å². The molecule has 9 unspecified atom stereocenters. The molecule has 4 rings (SSSR count). The molecule has 2 aliphatic rings. The summed E-state index contributed by atoms with van der Waals surface area (Å²) < 4.78 is 17.7. The molecule has 2 aromatic carbocycles. The average Bonchev–Trinajstić information content (AvgIpc) is 3.00. The second kappa shape index (κ2) is 13.4. The highest BCUT2D eigenvalue weighted by Crippen LogP contribution is 2.39. The Morgan fingerprint density at radius 1 is 0.902 bits per heavy atom.